The van der Waals surface area contributed by atoms with Crippen LogP contribution in [-0.4, -0.2) is 21.1 Å². The van der Waals surface area contributed by atoms with E-state index in [-0.39, 0.29) is 0 Å². The number of aryl methyl sites for hydroxylation is 2. The Kier molecular flexibility index (Phi) is 5.02. The fraction of sp³-hybridized carbons (Fsp3) is 0.500. The predicted octanol–water partition coefficient (Wildman–Crippen LogP) is 2.34. The van der Waals surface area contributed by atoms with Gasteiger partial charge in [0.2, 0.25) is 0 Å². The van der Waals surface area contributed by atoms with E-state index < -0.39 is 0 Å². The summed E-state index contributed by atoms with van der Waals surface area (Å²) in [6, 6.07) is 2.19. The van der Waals surface area contributed by atoms with Crippen molar-refractivity contribution in [3.63, 3.8) is 0 Å². The summed E-state index contributed by atoms with van der Waals surface area (Å²) in [6.45, 7) is 5.29. The Hall–Kier alpha value is -1.55. The normalized spacial score (nSPS) is 10.9. The number of nitrogens with zero attached hydrogens (tertiary/aromatic N) is 2. The molecule has 0 aliphatic heterocycles. The van der Waals surface area contributed by atoms with E-state index >= 15 is 0 Å². The summed E-state index contributed by atoms with van der Waals surface area (Å²) in [4.78, 5) is 7.33. The molecule has 0 saturated heterocycles. The number of aromatic amines is 1. The average Bonchev–Trinajstić information content (AvgIpc) is 3.01. The Labute approximate surface area is 108 Å². The Bertz CT molecular complexity index is 430. The maximum atomic E-state index is 4.21. The van der Waals surface area contributed by atoms with Crippen molar-refractivity contribution in [2.45, 2.75) is 39.3 Å². The zero-order valence-electron chi connectivity index (χ0n) is 11.0. The van der Waals surface area contributed by atoms with Crippen LogP contribution in [0.25, 0.3) is 0 Å². The topological polar surface area (TPSA) is 45.6 Å². The van der Waals surface area contributed by atoms with Crippen molar-refractivity contribution in [3.8, 4) is 0 Å². The SMILES string of the molecule is CCCn1ccc(CNCCCc2ncc[nH]2)c1. The fourth-order valence-corrected chi connectivity index (χ4v) is 2.04. The third-order valence-electron chi connectivity index (χ3n) is 2.94. The van der Waals surface area contributed by atoms with Crippen molar-refractivity contribution in [3.05, 3.63) is 42.2 Å². The molecule has 0 aliphatic carbocycles. The van der Waals surface area contributed by atoms with Gasteiger partial charge in [-0.15, -0.1) is 0 Å². The molecule has 0 aromatic carbocycles. The second-order valence-corrected chi connectivity index (χ2v) is 4.57. The van der Waals surface area contributed by atoms with Gasteiger partial charge >= 0.3 is 0 Å². The molecule has 98 valence electrons. The lowest BCUT2D eigenvalue weighted by atomic mass is 10.3. The van der Waals surface area contributed by atoms with E-state index in [0.29, 0.717) is 0 Å². The molecule has 0 bridgehead atoms. The molecule has 2 N–H and O–H groups in total. The Morgan fingerprint density at radius 2 is 2.39 bits per heavy atom. The van der Waals surface area contributed by atoms with E-state index in [9.17, 15) is 0 Å². The van der Waals surface area contributed by atoms with Gasteiger partial charge in [-0.25, -0.2) is 4.98 Å². The molecule has 0 amide bonds. The van der Waals surface area contributed by atoms with Gasteiger partial charge in [-0.2, -0.15) is 0 Å². The van der Waals surface area contributed by atoms with Crippen LogP contribution in [0.4, 0.5) is 0 Å². The lowest BCUT2D eigenvalue weighted by molar-refractivity contribution is 0.636. The lowest BCUT2D eigenvalue weighted by Gasteiger charge is -2.02. The zero-order chi connectivity index (χ0) is 12.6. The highest BCUT2D eigenvalue weighted by Gasteiger charge is 1.97. The number of H-pyrrole nitrogens is 1. The first-order valence-electron chi connectivity index (χ1n) is 6.72. The summed E-state index contributed by atoms with van der Waals surface area (Å²) < 4.78 is 2.25. The van der Waals surface area contributed by atoms with Gasteiger partial charge in [-0.3, -0.25) is 0 Å². The Balaban J connectivity index is 1.59. The van der Waals surface area contributed by atoms with Crippen LogP contribution in [0.15, 0.2) is 30.9 Å². The van der Waals surface area contributed by atoms with Gasteiger partial charge in [0.1, 0.15) is 5.82 Å². The summed E-state index contributed by atoms with van der Waals surface area (Å²) in [5.74, 6) is 1.07. The number of nitrogens with one attached hydrogen (secondary N) is 2. The molecule has 0 radical (unpaired) electrons. The summed E-state index contributed by atoms with van der Waals surface area (Å²) in [5, 5.41) is 3.46. The van der Waals surface area contributed by atoms with Crippen molar-refractivity contribution in [2.75, 3.05) is 6.54 Å². The summed E-state index contributed by atoms with van der Waals surface area (Å²) >= 11 is 0. The quantitative estimate of drug-likeness (QED) is 0.702. The first-order chi connectivity index (χ1) is 8.88. The standard InChI is InChI=1S/C14H22N4/c1-2-9-18-10-5-13(12-18)11-15-6-3-4-14-16-7-8-17-14/h5,7-8,10,12,15H,2-4,6,9,11H2,1H3,(H,16,17). The molecule has 0 fully saturated rings. The van der Waals surface area contributed by atoms with E-state index in [1.165, 1.54) is 12.0 Å². The maximum Gasteiger partial charge on any atom is 0.106 e. The van der Waals surface area contributed by atoms with E-state index in [0.717, 1.165) is 38.3 Å². The molecule has 18 heavy (non-hydrogen) atoms. The molecule has 0 atom stereocenters. The van der Waals surface area contributed by atoms with Crippen LogP contribution in [0.1, 0.15) is 31.2 Å². The first kappa shape index (κ1) is 12.9. The van der Waals surface area contributed by atoms with Gasteiger partial charge in [-0.1, -0.05) is 6.92 Å². The molecule has 2 aromatic rings. The van der Waals surface area contributed by atoms with E-state index in [1.807, 2.05) is 6.20 Å². The first-order valence-corrected chi connectivity index (χ1v) is 6.72. The van der Waals surface area contributed by atoms with E-state index in [1.54, 1.807) is 6.20 Å². The van der Waals surface area contributed by atoms with Gasteiger partial charge in [0.05, 0.1) is 0 Å². The van der Waals surface area contributed by atoms with Crippen LogP contribution in [0.3, 0.4) is 0 Å². The third-order valence-corrected chi connectivity index (χ3v) is 2.94. The van der Waals surface area contributed by atoms with Crippen LogP contribution in [0, 0.1) is 0 Å². The molecule has 4 nitrogen and oxygen atoms in total. The Morgan fingerprint density at radius 3 is 3.17 bits per heavy atom. The van der Waals surface area contributed by atoms with Gasteiger partial charge in [0, 0.05) is 44.3 Å². The number of hydrogen-bond acceptors (Lipinski definition) is 2. The van der Waals surface area contributed by atoms with Crippen LogP contribution in [0.2, 0.25) is 0 Å². The molecule has 4 heteroatoms. The maximum absolute atomic E-state index is 4.21. The van der Waals surface area contributed by atoms with E-state index in [2.05, 4.69) is 45.2 Å². The average molecular weight is 246 g/mol. The largest absolute Gasteiger partial charge is 0.354 e. The number of imidazole rings is 1. The highest BCUT2D eigenvalue weighted by Crippen LogP contribution is 2.02. The minimum atomic E-state index is 0.953. The molecule has 0 unspecified atom stereocenters. The van der Waals surface area contributed by atoms with Gasteiger partial charge in [0.25, 0.3) is 0 Å². The predicted molar refractivity (Wildman–Crippen MR) is 73.3 cm³/mol. The zero-order valence-corrected chi connectivity index (χ0v) is 11.0. The summed E-state index contributed by atoms with van der Waals surface area (Å²) in [7, 11) is 0. The second kappa shape index (κ2) is 7.01. The van der Waals surface area contributed by atoms with Crippen molar-refractivity contribution in [1.29, 1.82) is 0 Å². The smallest absolute Gasteiger partial charge is 0.106 e. The monoisotopic (exact) mass is 246 g/mol. The highest BCUT2D eigenvalue weighted by atomic mass is 14.9. The molecule has 2 heterocycles. The highest BCUT2D eigenvalue weighted by molar-refractivity contribution is 5.09. The van der Waals surface area contributed by atoms with Crippen molar-refractivity contribution >= 4 is 0 Å². The minimum Gasteiger partial charge on any atom is -0.354 e. The van der Waals surface area contributed by atoms with Crippen LogP contribution >= 0.6 is 0 Å². The molecule has 2 aromatic heterocycles. The number of aromatic nitrogens is 3. The molecular weight excluding hydrogens is 224 g/mol. The molecule has 2 rings (SSSR count). The van der Waals surface area contributed by atoms with Crippen molar-refractivity contribution < 1.29 is 0 Å². The van der Waals surface area contributed by atoms with Crippen molar-refractivity contribution in [2.24, 2.45) is 0 Å². The molecule has 0 saturated carbocycles. The fourth-order valence-electron chi connectivity index (χ4n) is 2.04. The lowest BCUT2D eigenvalue weighted by Crippen LogP contribution is -2.15. The van der Waals surface area contributed by atoms with Crippen LogP contribution < -0.4 is 5.32 Å². The minimum absolute atomic E-state index is 0.953. The third kappa shape index (κ3) is 4.04. The van der Waals surface area contributed by atoms with Crippen molar-refractivity contribution in [1.82, 2.24) is 19.9 Å². The summed E-state index contributed by atoms with van der Waals surface area (Å²) in [6.07, 6.45) is 11.4. The van der Waals surface area contributed by atoms with Crippen LogP contribution in [-0.2, 0) is 19.5 Å². The van der Waals surface area contributed by atoms with Gasteiger partial charge in [0.15, 0.2) is 0 Å². The number of hydrogen-bond donors (Lipinski definition) is 2. The Morgan fingerprint density at radius 1 is 1.44 bits per heavy atom. The molecule has 0 aliphatic rings. The molecular formula is C14H22N4. The van der Waals surface area contributed by atoms with Gasteiger partial charge in [-0.05, 0) is 31.0 Å². The van der Waals surface area contributed by atoms with Gasteiger partial charge < -0.3 is 14.9 Å². The summed E-state index contributed by atoms with van der Waals surface area (Å²) in [5.41, 5.74) is 1.36. The number of rotatable bonds is 8. The molecule has 0 spiro atoms. The van der Waals surface area contributed by atoms with E-state index in [4.69, 9.17) is 0 Å². The van der Waals surface area contributed by atoms with Crippen LogP contribution in [0.5, 0.6) is 0 Å². The second-order valence-electron chi connectivity index (χ2n) is 4.57.